The molecule has 0 unspecified atom stereocenters. The molecule has 1 amide bonds. The Balaban J connectivity index is 1.78. The summed E-state index contributed by atoms with van der Waals surface area (Å²) in [5, 5.41) is 9.50. The van der Waals surface area contributed by atoms with Crippen LogP contribution in [0.5, 0.6) is 0 Å². The van der Waals surface area contributed by atoms with Gasteiger partial charge in [-0.05, 0) is 25.3 Å². The molecule has 0 radical (unpaired) electrons. The second-order valence-corrected chi connectivity index (χ2v) is 6.59. The van der Waals surface area contributed by atoms with Crippen LogP contribution in [0.15, 0.2) is 35.5 Å². The zero-order valence-electron chi connectivity index (χ0n) is 13.9. The summed E-state index contributed by atoms with van der Waals surface area (Å²) < 4.78 is 38.8. The van der Waals surface area contributed by atoms with E-state index in [1.54, 1.807) is 0 Å². The highest BCUT2D eigenvalue weighted by molar-refractivity contribution is 7.99. The molecule has 1 aromatic carbocycles. The fourth-order valence-electron chi connectivity index (χ4n) is 2.23. The normalized spacial score (nSPS) is 12.8. The number of rotatable bonds is 7. The minimum Gasteiger partial charge on any atom is -0.353 e. The quantitative estimate of drug-likeness (QED) is 0.759. The van der Waals surface area contributed by atoms with Crippen LogP contribution in [0.3, 0.4) is 0 Å². The van der Waals surface area contributed by atoms with E-state index in [1.807, 2.05) is 37.3 Å². The molecule has 25 heavy (non-hydrogen) atoms. The largest absolute Gasteiger partial charge is 0.451 e. The molecule has 1 N–H and O–H groups in total. The molecule has 9 heteroatoms. The monoisotopic (exact) mass is 372 g/mol. The number of benzene rings is 1. The van der Waals surface area contributed by atoms with Gasteiger partial charge in [-0.15, -0.1) is 10.2 Å². The minimum absolute atomic E-state index is 0.0144. The van der Waals surface area contributed by atoms with Crippen LogP contribution in [-0.4, -0.2) is 32.5 Å². The van der Waals surface area contributed by atoms with Crippen molar-refractivity contribution >= 4 is 17.7 Å². The Kier molecular flexibility index (Phi) is 6.46. The molecule has 0 fully saturated rings. The summed E-state index contributed by atoms with van der Waals surface area (Å²) in [4.78, 5) is 11.9. The van der Waals surface area contributed by atoms with Crippen LogP contribution in [0, 0.1) is 0 Å². The average molecular weight is 372 g/mol. The Bertz CT molecular complexity index is 703. The van der Waals surface area contributed by atoms with Gasteiger partial charge in [0.05, 0.1) is 5.75 Å². The molecule has 0 aliphatic rings. The first-order valence-electron chi connectivity index (χ1n) is 7.70. The highest BCUT2D eigenvalue weighted by Crippen LogP contribution is 2.29. The maximum absolute atomic E-state index is 12.6. The van der Waals surface area contributed by atoms with Crippen LogP contribution in [0.4, 0.5) is 13.2 Å². The predicted octanol–water partition coefficient (Wildman–Crippen LogP) is 3.06. The second-order valence-electron chi connectivity index (χ2n) is 5.64. The van der Waals surface area contributed by atoms with Crippen molar-refractivity contribution in [2.24, 2.45) is 7.05 Å². The van der Waals surface area contributed by atoms with E-state index in [2.05, 4.69) is 15.5 Å². The molecule has 0 bridgehead atoms. The summed E-state index contributed by atoms with van der Waals surface area (Å²) in [5.74, 6) is -1.34. The number of aryl methyl sites for hydroxylation is 1. The van der Waals surface area contributed by atoms with E-state index in [4.69, 9.17) is 0 Å². The number of amides is 1. The molecule has 1 aromatic heterocycles. The van der Waals surface area contributed by atoms with Crippen LogP contribution < -0.4 is 5.32 Å². The third-order valence-electron chi connectivity index (χ3n) is 3.54. The molecule has 0 aliphatic carbocycles. The molecule has 1 atom stereocenters. The van der Waals surface area contributed by atoms with Crippen LogP contribution in [0.1, 0.15) is 24.7 Å². The van der Waals surface area contributed by atoms with Gasteiger partial charge < -0.3 is 9.88 Å². The zero-order valence-corrected chi connectivity index (χ0v) is 14.7. The number of carbonyl (C=O) groups is 1. The van der Waals surface area contributed by atoms with Gasteiger partial charge in [-0.3, -0.25) is 4.79 Å². The number of nitrogens with one attached hydrogen (secondary N) is 1. The van der Waals surface area contributed by atoms with Gasteiger partial charge in [-0.2, -0.15) is 13.2 Å². The zero-order chi connectivity index (χ0) is 18.4. The van der Waals surface area contributed by atoms with E-state index in [0.29, 0.717) is 0 Å². The molecule has 2 aromatic rings. The number of hydrogen-bond donors (Lipinski definition) is 1. The van der Waals surface area contributed by atoms with Gasteiger partial charge in [-0.1, -0.05) is 42.1 Å². The van der Waals surface area contributed by atoms with Crippen molar-refractivity contribution in [1.29, 1.82) is 0 Å². The predicted molar refractivity (Wildman–Crippen MR) is 89.1 cm³/mol. The minimum atomic E-state index is -4.56. The lowest BCUT2D eigenvalue weighted by Crippen LogP contribution is -2.34. The van der Waals surface area contributed by atoms with Crippen molar-refractivity contribution in [2.45, 2.75) is 37.1 Å². The van der Waals surface area contributed by atoms with Crippen molar-refractivity contribution in [2.75, 3.05) is 5.75 Å². The Morgan fingerprint density at radius 2 is 1.96 bits per heavy atom. The number of hydrogen-bond acceptors (Lipinski definition) is 4. The van der Waals surface area contributed by atoms with Crippen molar-refractivity contribution in [1.82, 2.24) is 20.1 Å². The smallest absolute Gasteiger partial charge is 0.353 e. The Hall–Kier alpha value is -2.03. The van der Waals surface area contributed by atoms with E-state index in [9.17, 15) is 18.0 Å². The summed E-state index contributed by atoms with van der Waals surface area (Å²) in [5.41, 5.74) is 1.19. The number of aromatic nitrogens is 3. The summed E-state index contributed by atoms with van der Waals surface area (Å²) in [6.45, 7) is 1.90. The van der Waals surface area contributed by atoms with E-state index in [-0.39, 0.29) is 22.9 Å². The molecule has 1 heterocycles. The number of thioether (sulfide) groups is 1. The Morgan fingerprint density at radius 1 is 1.28 bits per heavy atom. The third-order valence-corrected chi connectivity index (χ3v) is 4.56. The summed E-state index contributed by atoms with van der Waals surface area (Å²) in [6, 6.07) is 9.89. The van der Waals surface area contributed by atoms with E-state index in [0.717, 1.165) is 29.2 Å². The van der Waals surface area contributed by atoms with Crippen LogP contribution in [0.25, 0.3) is 0 Å². The van der Waals surface area contributed by atoms with E-state index < -0.39 is 12.0 Å². The second kappa shape index (κ2) is 8.37. The lowest BCUT2D eigenvalue weighted by Gasteiger charge is -2.13. The third kappa shape index (κ3) is 5.77. The average Bonchev–Trinajstić information content (AvgIpc) is 2.93. The van der Waals surface area contributed by atoms with Gasteiger partial charge in [0.15, 0.2) is 5.16 Å². The van der Waals surface area contributed by atoms with Crippen molar-refractivity contribution < 1.29 is 18.0 Å². The molecular weight excluding hydrogens is 353 g/mol. The number of nitrogens with zero attached hydrogens (tertiary/aromatic N) is 3. The maximum Gasteiger partial charge on any atom is 0.451 e. The molecule has 0 saturated carbocycles. The Labute approximate surface area is 148 Å². The molecule has 0 aliphatic heterocycles. The molecule has 2 rings (SSSR count). The molecule has 0 spiro atoms. The summed E-state index contributed by atoms with van der Waals surface area (Å²) >= 11 is 0.926. The SMILES string of the molecule is C[C@H](CCc1ccccc1)NC(=O)CSc1nnc(C(F)(F)F)n1C. The van der Waals surface area contributed by atoms with Gasteiger partial charge in [0.2, 0.25) is 11.7 Å². The van der Waals surface area contributed by atoms with Crippen LogP contribution >= 0.6 is 11.8 Å². The van der Waals surface area contributed by atoms with Crippen LogP contribution in [-0.2, 0) is 24.4 Å². The first kappa shape index (κ1) is 19.3. The molecule has 0 saturated heterocycles. The lowest BCUT2D eigenvalue weighted by molar-refractivity contribution is -0.147. The van der Waals surface area contributed by atoms with Crippen LogP contribution in [0.2, 0.25) is 0 Å². The first-order chi connectivity index (χ1) is 11.8. The fourth-order valence-corrected chi connectivity index (χ4v) is 2.96. The van der Waals surface area contributed by atoms with Crippen molar-refractivity contribution in [3.05, 3.63) is 41.7 Å². The summed E-state index contributed by atoms with van der Waals surface area (Å²) in [6.07, 6.45) is -2.94. The summed E-state index contributed by atoms with van der Waals surface area (Å²) in [7, 11) is 1.23. The van der Waals surface area contributed by atoms with Crippen molar-refractivity contribution in [3.8, 4) is 0 Å². The standard InChI is InChI=1S/C16H19F3N4OS/c1-11(8-9-12-6-4-3-5-7-12)20-13(24)10-25-15-22-21-14(23(15)2)16(17,18)19/h3-7,11H,8-10H2,1-2H3,(H,20,24)/t11-/m1/s1. The molecule has 136 valence electrons. The molecule has 5 nitrogen and oxygen atoms in total. The number of alkyl halides is 3. The first-order valence-corrected chi connectivity index (χ1v) is 8.68. The highest BCUT2D eigenvalue weighted by Gasteiger charge is 2.37. The van der Waals surface area contributed by atoms with Gasteiger partial charge in [-0.25, -0.2) is 0 Å². The number of halogens is 3. The topological polar surface area (TPSA) is 59.8 Å². The number of carbonyl (C=O) groups excluding carboxylic acids is 1. The fraction of sp³-hybridized carbons (Fsp3) is 0.438. The van der Waals surface area contributed by atoms with Gasteiger partial charge in [0.1, 0.15) is 0 Å². The van der Waals surface area contributed by atoms with E-state index >= 15 is 0 Å². The maximum atomic E-state index is 12.6. The highest BCUT2D eigenvalue weighted by atomic mass is 32.2. The van der Waals surface area contributed by atoms with Gasteiger partial charge in [0, 0.05) is 13.1 Å². The molecular formula is C16H19F3N4OS. The van der Waals surface area contributed by atoms with Gasteiger partial charge >= 0.3 is 6.18 Å². The van der Waals surface area contributed by atoms with Gasteiger partial charge in [0.25, 0.3) is 0 Å². The van der Waals surface area contributed by atoms with Crippen molar-refractivity contribution in [3.63, 3.8) is 0 Å². The Morgan fingerprint density at radius 3 is 2.56 bits per heavy atom. The van der Waals surface area contributed by atoms with E-state index in [1.165, 1.54) is 12.6 Å². The lowest BCUT2D eigenvalue weighted by atomic mass is 10.1.